The van der Waals surface area contributed by atoms with E-state index in [4.69, 9.17) is 4.74 Å². The average Bonchev–Trinajstić information content (AvgIpc) is 3.30. The summed E-state index contributed by atoms with van der Waals surface area (Å²) in [5.74, 6) is 0.734. The molecular weight excluding hydrogens is 306 g/mol. The van der Waals surface area contributed by atoms with Crippen LogP contribution in [0.15, 0.2) is 36.7 Å². The number of hydrogen-bond acceptors (Lipinski definition) is 4. The van der Waals surface area contributed by atoms with Crippen LogP contribution in [-0.4, -0.2) is 50.3 Å². The molecule has 3 aromatic rings. The minimum atomic E-state index is -0.138. The van der Waals surface area contributed by atoms with Crippen molar-refractivity contribution < 1.29 is 9.53 Å². The van der Waals surface area contributed by atoms with Crippen LogP contribution in [0.2, 0.25) is 0 Å². The van der Waals surface area contributed by atoms with Crippen LogP contribution in [0.3, 0.4) is 0 Å². The van der Waals surface area contributed by atoms with E-state index in [1.807, 2.05) is 46.8 Å². The van der Waals surface area contributed by atoms with Crippen LogP contribution in [0, 0.1) is 0 Å². The third kappa shape index (κ3) is 2.37. The molecule has 0 radical (unpaired) electrons. The number of H-pyrrole nitrogens is 1. The number of rotatable bonds is 3. The van der Waals surface area contributed by atoms with Crippen LogP contribution in [0.4, 0.5) is 0 Å². The van der Waals surface area contributed by atoms with E-state index in [1.165, 1.54) is 0 Å². The van der Waals surface area contributed by atoms with Gasteiger partial charge in [-0.15, -0.1) is 10.2 Å². The van der Waals surface area contributed by atoms with Crippen molar-refractivity contribution in [2.24, 2.45) is 7.05 Å². The standard InChI is InChI=1S/C17H19N5O2/c1-21-10-18-20-16(21)15-8-12(24-2)9-22(15)17(23)14-7-11-5-3-4-6-13(11)19-14/h3-7,10,12,15,19H,8-9H2,1-2H3/t12-,15+/m1/s1. The fourth-order valence-corrected chi connectivity index (χ4v) is 3.37. The first kappa shape index (κ1) is 14.9. The summed E-state index contributed by atoms with van der Waals surface area (Å²) in [6.45, 7) is 0.544. The van der Waals surface area contributed by atoms with Crippen LogP contribution < -0.4 is 0 Å². The van der Waals surface area contributed by atoms with Gasteiger partial charge in [-0.2, -0.15) is 0 Å². The largest absolute Gasteiger partial charge is 0.380 e. The molecule has 1 aromatic carbocycles. The molecular formula is C17H19N5O2. The van der Waals surface area contributed by atoms with E-state index in [2.05, 4.69) is 15.2 Å². The fraction of sp³-hybridized carbons (Fsp3) is 0.353. The van der Waals surface area contributed by atoms with Gasteiger partial charge in [0.2, 0.25) is 0 Å². The third-order valence-corrected chi connectivity index (χ3v) is 4.66. The number of methoxy groups -OCH3 is 1. The van der Waals surface area contributed by atoms with Crippen molar-refractivity contribution in [2.75, 3.05) is 13.7 Å². The number of para-hydroxylation sites is 1. The van der Waals surface area contributed by atoms with E-state index in [0.29, 0.717) is 12.2 Å². The minimum Gasteiger partial charge on any atom is -0.380 e. The van der Waals surface area contributed by atoms with Gasteiger partial charge in [-0.3, -0.25) is 4.79 Å². The number of amides is 1. The lowest BCUT2D eigenvalue weighted by atomic mass is 10.2. The van der Waals surface area contributed by atoms with Gasteiger partial charge in [0.25, 0.3) is 5.91 Å². The van der Waals surface area contributed by atoms with Gasteiger partial charge in [-0.25, -0.2) is 0 Å². The first-order valence-electron chi connectivity index (χ1n) is 7.93. The molecule has 0 saturated carbocycles. The SMILES string of the molecule is CO[C@@H]1C[C@@H](c2nncn2C)N(C(=O)c2cc3ccccc3[nH]2)C1. The Hall–Kier alpha value is -2.67. The Kier molecular flexibility index (Phi) is 3.57. The van der Waals surface area contributed by atoms with Crippen LogP contribution >= 0.6 is 0 Å². The molecule has 1 aliphatic rings. The Labute approximate surface area is 139 Å². The summed E-state index contributed by atoms with van der Waals surface area (Å²) in [5.41, 5.74) is 1.54. The van der Waals surface area contributed by atoms with Gasteiger partial charge in [0.15, 0.2) is 5.82 Å². The van der Waals surface area contributed by atoms with Gasteiger partial charge in [-0.1, -0.05) is 18.2 Å². The molecule has 0 bridgehead atoms. The number of aromatic nitrogens is 4. The average molecular weight is 325 g/mol. The number of carbonyl (C=O) groups excluding carboxylic acids is 1. The van der Waals surface area contributed by atoms with E-state index in [-0.39, 0.29) is 18.1 Å². The number of aryl methyl sites for hydroxylation is 1. The Morgan fingerprint density at radius 1 is 1.38 bits per heavy atom. The Bertz CT molecular complexity index is 851. The van der Waals surface area contributed by atoms with Crippen LogP contribution in [0.5, 0.6) is 0 Å². The lowest BCUT2D eigenvalue weighted by molar-refractivity contribution is 0.0678. The molecule has 124 valence electrons. The van der Waals surface area contributed by atoms with Crippen molar-refractivity contribution >= 4 is 16.8 Å². The molecule has 4 rings (SSSR count). The molecule has 0 aliphatic carbocycles. The van der Waals surface area contributed by atoms with E-state index >= 15 is 0 Å². The predicted molar refractivity (Wildman–Crippen MR) is 88.5 cm³/mol. The fourth-order valence-electron chi connectivity index (χ4n) is 3.37. The number of nitrogens with zero attached hydrogens (tertiary/aromatic N) is 4. The van der Waals surface area contributed by atoms with Crippen molar-refractivity contribution in [1.29, 1.82) is 0 Å². The van der Waals surface area contributed by atoms with Gasteiger partial charge in [0.1, 0.15) is 12.0 Å². The smallest absolute Gasteiger partial charge is 0.271 e. The maximum absolute atomic E-state index is 13.1. The monoisotopic (exact) mass is 325 g/mol. The van der Waals surface area contributed by atoms with E-state index in [1.54, 1.807) is 13.4 Å². The maximum Gasteiger partial charge on any atom is 0.271 e. The van der Waals surface area contributed by atoms with Crippen LogP contribution in [0.1, 0.15) is 28.8 Å². The highest BCUT2D eigenvalue weighted by atomic mass is 16.5. The second-order valence-electron chi connectivity index (χ2n) is 6.14. The van der Waals surface area contributed by atoms with Gasteiger partial charge < -0.3 is 19.2 Å². The Morgan fingerprint density at radius 3 is 2.92 bits per heavy atom. The molecule has 0 spiro atoms. The van der Waals surface area contributed by atoms with Crippen LogP contribution in [-0.2, 0) is 11.8 Å². The second-order valence-corrected chi connectivity index (χ2v) is 6.14. The van der Waals surface area contributed by atoms with Crippen LogP contribution in [0.25, 0.3) is 10.9 Å². The Morgan fingerprint density at radius 2 is 2.21 bits per heavy atom. The normalized spacial score (nSPS) is 20.8. The third-order valence-electron chi connectivity index (χ3n) is 4.66. The molecule has 7 nitrogen and oxygen atoms in total. The topological polar surface area (TPSA) is 76.0 Å². The van der Waals surface area contributed by atoms with Gasteiger partial charge in [-0.05, 0) is 12.1 Å². The number of hydrogen-bond donors (Lipinski definition) is 1. The first-order chi connectivity index (χ1) is 11.7. The molecule has 7 heteroatoms. The lowest BCUT2D eigenvalue weighted by Gasteiger charge is -2.23. The minimum absolute atomic E-state index is 0.0000262. The molecule has 1 saturated heterocycles. The molecule has 1 amide bonds. The zero-order chi connectivity index (χ0) is 16.7. The number of ether oxygens (including phenoxy) is 1. The highest BCUT2D eigenvalue weighted by molar-refractivity contribution is 5.98. The zero-order valence-electron chi connectivity index (χ0n) is 13.6. The summed E-state index contributed by atoms with van der Waals surface area (Å²) in [5, 5.41) is 9.16. The van der Waals surface area contributed by atoms with Gasteiger partial charge in [0, 0.05) is 38.0 Å². The van der Waals surface area contributed by atoms with E-state index < -0.39 is 0 Å². The highest BCUT2D eigenvalue weighted by Gasteiger charge is 2.39. The molecule has 24 heavy (non-hydrogen) atoms. The number of nitrogens with one attached hydrogen (secondary N) is 1. The predicted octanol–water partition coefficient (Wildman–Crippen LogP) is 1.90. The van der Waals surface area contributed by atoms with E-state index in [9.17, 15) is 4.79 Å². The molecule has 1 aliphatic heterocycles. The summed E-state index contributed by atoms with van der Waals surface area (Å²) < 4.78 is 7.35. The van der Waals surface area contributed by atoms with Gasteiger partial charge >= 0.3 is 0 Å². The molecule has 2 atom stereocenters. The molecule has 1 fully saturated rings. The summed E-state index contributed by atoms with van der Waals surface area (Å²) in [4.78, 5) is 18.1. The summed E-state index contributed by atoms with van der Waals surface area (Å²) >= 11 is 0. The molecule has 3 heterocycles. The van der Waals surface area contributed by atoms with E-state index in [0.717, 1.165) is 23.1 Å². The van der Waals surface area contributed by atoms with Crippen molar-refractivity contribution in [3.63, 3.8) is 0 Å². The van der Waals surface area contributed by atoms with Crippen molar-refractivity contribution in [1.82, 2.24) is 24.6 Å². The quantitative estimate of drug-likeness (QED) is 0.798. The molecule has 1 N–H and O–H groups in total. The lowest BCUT2D eigenvalue weighted by Crippen LogP contribution is -2.33. The van der Waals surface area contributed by atoms with Crippen molar-refractivity contribution in [2.45, 2.75) is 18.6 Å². The van der Waals surface area contributed by atoms with Crippen molar-refractivity contribution in [3.8, 4) is 0 Å². The summed E-state index contributed by atoms with van der Waals surface area (Å²) in [7, 11) is 3.57. The number of aromatic amines is 1. The number of likely N-dealkylation sites (tertiary alicyclic amines) is 1. The second kappa shape index (κ2) is 5.76. The summed E-state index contributed by atoms with van der Waals surface area (Å²) in [6.07, 6.45) is 2.37. The zero-order valence-corrected chi connectivity index (χ0v) is 13.6. The van der Waals surface area contributed by atoms with Crippen molar-refractivity contribution in [3.05, 3.63) is 48.2 Å². The summed E-state index contributed by atoms with van der Waals surface area (Å²) in [6, 6.07) is 9.63. The van der Waals surface area contributed by atoms with Gasteiger partial charge in [0.05, 0.1) is 12.1 Å². The number of carbonyl (C=O) groups is 1. The molecule has 0 unspecified atom stereocenters. The Balaban J connectivity index is 1.69. The first-order valence-corrected chi connectivity index (χ1v) is 7.93. The number of fused-ring (bicyclic) bond motifs is 1. The number of benzene rings is 1. The highest BCUT2D eigenvalue weighted by Crippen LogP contribution is 2.33. The molecule has 2 aromatic heterocycles. The maximum atomic E-state index is 13.1.